The van der Waals surface area contributed by atoms with E-state index in [0.717, 1.165) is 9.87 Å². The molecule has 0 heterocycles. The molecule has 0 fully saturated rings. The zero-order valence-corrected chi connectivity index (χ0v) is 19.9. The molecule has 1 amide bonds. The number of sulfonamides is 1. The molecular weight excluding hydrogens is 464 g/mol. The molecule has 9 heteroatoms. The van der Waals surface area contributed by atoms with Crippen LogP contribution in [0.25, 0.3) is 0 Å². The highest BCUT2D eigenvalue weighted by Crippen LogP contribution is 2.26. The molecule has 3 aromatic carbocycles. The Bertz CT molecular complexity index is 1180. The van der Waals surface area contributed by atoms with Gasteiger partial charge in [-0.25, -0.2) is 8.42 Å². The molecule has 3 rings (SSSR count). The van der Waals surface area contributed by atoms with E-state index in [4.69, 9.17) is 21.1 Å². The van der Waals surface area contributed by atoms with Gasteiger partial charge in [0.05, 0.1) is 24.2 Å². The summed E-state index contributed by atoms with van der Waals surface area (Å²) < 4.78 is 38.6. The van der Waals surface area contributed by atoms with Gasteiger partial charge < -0.3 is 14.8 Å². The van der Waals surface area contributed by atoms with Crippen LogP contribution < -0.4 is 19.1 Å². The van der Waals surface area contributed by atoms with E-state index in [2.05, 4.69) is 5.32 Å². The number of nitrogens with zero attached hydrogens (tertiary/aromatic N) is 1. The Morgan fingerprint density at radius 1 is 0.970 bits per heavy atom. The van der Waals surface area contributed by atoms with Crippen molar-refractivity contribution in [2.45, 2.75) is 11.8 Å². The predicted octanol–water partition coefficient (Wildman–Crippen LogP) is 4.05. The van der Waals surface area contributed by atoms with Crippen molar-refractivity contribution in [1.82, 2.24) is 5.32 Å². The van der Waals surface area contributed by atoms with Crippen LogP contribution in [0.3, 0.4) is 0 Å². The molecule has 0 saturated carbocycles. The van der Waals surface area contributed by atoms with Crippen LogP contribution in [0.1, 0.15) is 5.56 Å². The summed E-state index contributed by atoms with van der Waals surface area (Å²) in [7, 11) is -2.43. The molecule has 0 saturated heterocycles. The number of para-hydroxylation sites is 2. The van der Waals surface area contributed by atoms with Gasteiger partial charge in [-0.3, -0.25) is 9.10 Å². The molecule has 0 spiro atoms. The van der Waals surface area contributed by atoms with Crippen molar-refractivity contribution in [2.75, 3.05) is 31.1 Å². The van der Waals surface area contributed by atoms with Gasteiger partial charge >= 0.3 is 0 Å². The Morgan fingerprint density at radius 2 is 1.61 bits per heavy atom. The largest absolute Gasteiger partial charge is 0.493 e. The minimum atomic E-state index is -3.98. The Hall–Kier alpha value is -3.23. The monoisotopic (exact) mass is 488 g/mol. The third-order valence-corrected chi connectivity index (χ3v) is 6.80. The van der Waals surface area contributed by atoms with E-state index in [1.807, 2.05) is 19.1 Å². The van der Waals surface area contributed by atoms with Crippen LogP contribution >= 0.6 is 11.6 Å². The maximum atomic E-state index is 13.3. The quantitative estimate of drug-likeness (QED) is 0.435. The van der Waals surface area contributed by atoms with Crippen molar-refractivity contribution in [2.24, 2.45) is 0 Å². The van der Waals surface area contributed by atoms with E-state index in [1.54, 1.807) is 55.6 Å². The number of carbonyl (C=O) groups excluding carboxylic acids is 1. The number of methoxy groups -OCH3 is 1. The van der Waals surface area contributed by atoms with Crippen molar-refractivity contribution in [3.63, 3.8) is 0 Å². The van der Waals surface area contributed by atoms with Gasteiger partial charge in [-0.15, -0.1) is 0 Å². The average Bonchev–Trinajstić information content (AvgIpc) is 2.81. The highest BCUT2D eigenvalue weighted by atomic mass is 35.5. The van der Waals surface area contributed by atoms with E-state index >= 15 is 0 Å². The van der Waals surface area contributed by atoms with Gasteiger partial charge in [-0.05, 0) is 55.5 Å². The highest BCUT2D eigenvalue weighted by Gasteiger charge is 2.27. The first kappa shape index (κ1) is 24.4. The van der Waals surface area contributed by atoms with Crippen LogP contribution in [-0.2, 0) is 14.8 Å². The fourth-order valence-corrected chi connectivity index (χ4v) is 4.58. The molecule has 3 aromatic rings. The first-order chi connectivity index (χ1) is 15.8. The molecule has 0 bridgehead atoms. The molecular formula is C24H25ClN2O5S. The smallest absolute Gasteiger partial charge is 0.264 e. The zero-order valence-electron chi connectivity index (χ0n) is 18.3. The summed E-state index contributed by atoms with van der Waals surface area (Å²) in [4.78, 5) is 12.7. The van der Waals surface area contributed by atoms with Crippen molar-refractivity contribution >= 4 is 33.2 Å². The Labute approximate surface area is 198 Å². The van der Waals surface area contributed by atoms with Crippen molar-refractivity contribution in [3.8, 4) is 11.5 Å². The molecule has 0 unspecified atom stereocenters. The van der Waals surface area contributed by atoms with Crippen molar-refractivity contribution < 1.29 is 22.7 Å². The van der Waals surface area contributed by atoms with E-state index in [-0.39, 0.29) is 18.0 Å². The van der Waals surface area contributed by atoms with E-state index in [0.29, 0.717) is 22.2 Å². The van der Waals surface area contributed by atoms with Gasteiger partial charge in [-0.2, -0.15) is 0 Å². The maximum Gasteiger partial charge on any atom is 0.264 e. The van der Waals surface area contributed by atoms with Gasteiger partial charge in [0.2, 0.25) is 5.91 Å². The van der Waals surface area contributed by atoms with Crippen molar-refractivity contribution in [1.29, 1.82) is 0 Å². The number of hydrogen-bond acceptors (Lipinski definition) is 5. The Balaban J connectivity index is 1.70. The number of carbonyl (C=O) groups is 1. The minimum Gasteiger partial charge on any atom is -0.493 e. The fraction of sp³-hybridized carbons (Fsp3) is 0.208. The third kappa shape index (κ3) is 6.40. The topological polar surface area (TPSA) is 84.9 Å². The third-order valence-electron chi connectivity index (χ3n) is 4.76. The summed E-state index contributed by atoms with van der Waals surface area (Å²) in [6.45, 7) is 1.86. The van der Waals surface area contributed by atoms with Crippen LogP contribution in [0.2, 0.25) is 5.02 Å². The second kappa shape index (κ2) is 11.1. The second-order valence-corrected chi connectivity index (χ2v) is 9.45. The molecule has 174 valence electrons. The average molecular weight is 489 g/mol. The number of aryl methyl sites for hydroxylation is 1. The normalized spacial score (nSPS) is 11.0. The number of amides is 1. The van der Waals surface area contributed by atoms with Gasteiger partial charge in [0.25, 0.3) is 10.0 Å². The molecule has 0 aliphatic rings. The van der Waals surface area contributed by atoms with Crippen LogP contribution in [-0.4, -0.2) is 41.1 Å². The fourth-order valence-electron chi connectivity index (χ4n) is 3.04. The van der Waals surface area contributed by atoms with Gasteiger partial charge in [0, 0.05) is 5.02 Å². The molecule has 0 aliphatic heterocycles. The number of ether oxygens (including phenoxy) is 2. The van der Waals surface area contributed by atoms with Gasteiger partial charge in [-0.1, -0.05) is 41.4 Å². The van der Waals surface area contributed by atoms with E-state index in [9.17, 15) is 13.2 Å². The Morgan fingerprint density at radius 3 is 2.24 bits per heavy atom. The Kier molecular flexibility index (Phi) is 8.19. The highest BCUT2D eigenvalue weighted by molar-refractivity contribution is 7.92. The van der Waals surface area contributed by atoms with E-state index < -0.39 is 22.5 Å². The molecule has 0 atom stereocenters. The molecule has 1 N–H and O–H groups in total. The number of nitrogens with one attached hydrogen (secondary N) is 1. The lowest BCUT2D eigenvalue weighted by Crippen LogP contribution is -2.41. The van der Waals surface area contributed by atoms with Crippen LogP contribution in [0.4, 0.5) is 5.69 Å². The summed E-state index contributed by atoms with van der Waals surface area (Å²) in [6.07, 6.45) is 0. The number of hydrogen-bond donors (Lipinski definition) is 1. The zero-order chi connectivity index (χ0) is 23.8. The summed E-state index contributed by atoms with van der Waals surface area (Å²) in [6, 6.07) is 19.9. The predicted molar refractivity (Wildman–Crippen MR) is 129 cm³/mol. The lowest BCUT2D eigenvalue weighted by molar-refractivity contribution is -0.119. The van der Waals surface area contributed by atoms with Gasteiger partial charge in [0.1, 0.15) is 13.2 Å². The summed E-state index contributed by atoms with van der Waals surface area (Å²) >= 11 is 5.96. The number of anilines is 1. The summed E-state index contributed by atoms with van der Waals surface area (Å²) in [5, 5.41) is 3.16. The molecule has 0 aliphatic carbocycles. The molecule has 7 nitrogen and oxygen atoms in total. The molecule has 0 radical (unpaired) electrons. The number of rotatable bonds is 10. The number of halogens is 1. The van der Waals surface area contributed by atoms with Gasteiger partial charge in [0.15, 0.2) is 11.5 Å². The standard InChI is InChI=1S/C24H25ClN2O5S/c1-18-7-13-21(14-8-18)33(29,30)27(20-11-9-19(25)10-12-20)17-24(28)26-15-16-32-23-6-4-3-5-22(23)31-2/h3-14H,15-17H2,1-2H3,(H,26,28). The number of benzene rings is 3. The molecule has 33 heavy (non-hydrogen) atoms. The van der Waals surface area contributed by atoms with Crippen molar-refractivity contribution in [3.05, 3.63) is 83.4 Å². The summed E-state index contributed by atoms with van der Waals surface area (Å²) in [5.74, 6) is 0.671. The summed E-state index contributed by atoms with van der Waals surface area (Å²) in [5.41, 5.74) is 1.26. The van der Waals surface area contributed by atoms with Crippen LogP contribution in [0.5, 0.6) is 11.5 Å². The lowest BCUT2D eigenvalue weighted by atomic mass is 10.2. The van der Waals surface area contributed by atoms with Crippen LogP contribution in [0, 0.1) is 6.92 Å². The minimum absolute atomic E-state index is 0.0929. The maximum absolute atomic E-state index is 13.3. The SMILES string of the molecule is COc1ccccc1OCCNC(=O)CN(c1ccc(Cl)cc1)S(=O)(=O)c1ccc(C)cc1. The molecule has 0 aromatic heterocycles. The second-order valence-electron chi connectivity index (χ2n) is 7.15. The van der Waals surface area contributed by atoms with Crippen LogP contribution in [0.15, 0.2) is 77.7 Å². The first-order valence-electron chi connectivity index (χ1n) is 10.2. The van der Waals surface area contributed by atoms with E-state index in [1.165, 1.54) is 12.1 Å². The first-order valence-corrected chi connectivity index (χ1v) is 12.0. The lowest BCUT2D eigenvalue weighted by Gasteiger charge is -2.24.